The van der Waals surface area contributed by atoms with Crippen LogP contribution < -0.4 is 10.2 Å². The van der Waals surface area contributed by atoms with E-state index in [2.05, 4.69) is 62.3 Å². The Morgan fingerprint density at radius 3 is 2.35 bits per heavy atom. The van der Waals surface area contributed by atoms with E-state index in [1.54, 1.807) is 0 Å². The van der Waals surface area contributed by atoms with Gasteiger partial charge in [-0.3, -0.25) is 0 Å². The van der Waals surface area contributed by atoms with Gasteiger partial charge in [0.15, 0.2) is 0 Å². The van der Waals surface area contributed by atoms with Crippen molar-refractivity contribution in [3.05, 3.63) is 29.8 Å². The third-order valence-corrected chi connectivity index (χ3v) is 3.34. The molecule has 0 amide bonds. The molecule has 1 unspecified atom stereocenters. The number of nitrogens with one attached hydrogen (secondary N) is 1. The first-order valence-corrected chi connectivity index (χ1v) is 6.70. The monoisotopic (exact) mass is 234 g/mol. The van der Waals surface area contributed by atoms with E-state index < -0.39 is 0 Å². The number of nitrogens with zero attached hydrogens (tertiary/aromatic N) is 1. The molecule has 0 saturated heterocycles. The maximum atomic E-state index is 3.51. The normalized spacial score (nSPS) is 12.5. The van der Waals surface area contributed by atoms with Gasteiger partial charge in [-0.25, -0.2) is 0 Å². The summed E-state index contributed by atoms with van der Waals surface area (Å²) < 4.78 is 0. The number of hydrogen-bond acceptors (Lipinski definition) is 2. The minimum absolute atomic E-state index is 0.617. The third-order valence-electron chi connectivity index (χ3n) is 3.34. The fourth-order valence-electron chi connectivity index (χ4n) is 1.74. The van der Waals surface area contributed by atoms with Crippen molar-refractivity contribution >= 4 is 5.69 Å². The topological polar surface area (TPSA) is 15.3 Å². The van der Waals surface area contributed by atoms with Crippen LogP contribution in [-0.2, 0) is 6.42 Å². The van der Waals surface area contributed by atoms with Crippen molar-refractivity contribution in [3.63, 3.8) is 0 Å². The Morgan fingerprint density at radius 1 is 1.18 bits per heavy atom. The van der Waals surface area contributed by atoms with Crippen LogP contribution in [0, 0.1) is 0 Å². The minimum atomic E-state index is 0.617. The zero-order chi connectivity index (χ0) is 12.7. The van der Waals surface area contributed by atoms with Gasteiger partial charge in [0.1, 0.15) is 0 Å². The Hall–Kier alpha value is -1.02. The maximum Gasteiger partial charge on any atom is 0.0364 e. The number of anilines is 1. The predicted molar refractivity (Wildman–Crippen MR) is 76.8 cm³/mol. The van der Waals surface area contributed by atoms with Crippen molar-refractivity contribution in [2.45, 2.75) is 39.7 Å². The Morgan fingerprint density at radius 2 is 1.82 bits per heavy atom. The van der Waals surface area contributed by atoms with Gasteiger partial charge >= 0.3 is 0 Å². The average Bonchev–Trinajstić information content (AvgIpc) is 2.38. The SMILES string of the molecule is CCc1ccc(N(C)CCNC(C)CC)cc1. The molecule has 1 N–H and O–H groups in total. The van der Waals surface area contributed by atoms with Gasteiger partial charge in [-0.1, -0.05) is 26.0 Å². The Kier molecular flexibility index (Phi) is 6.06. The first-order valence-electron chi connectivity index (χ1n) is 6.70. The van der Waals surface area contributed by atoms with Gasteiger partial charge in [-0.2, -0.15) is 0 Å². The molecule has 0 radical (unpaired) electrons. The van der Waals surface area contributed by atoms with Crippen LogP contribution in [0.25, 0.3) is 0 Å². The summed E-state index contributed by atoms with van der Waals surface area (Å²) in [4.78, 5) is 2.30. The summed E-state index contributed by atoms with van der Waals surface area (Å²) in [6.07, 6.45) is 2.30. The fraction of sp³-hybridized carbons (Fsp3) is 0.600. The molecular weight excluding hydrogens is 208 g/mol. The molecule has 2 nitrogen and oxygen atoms in total. The summed E-state index contributed by atoms with van der Waals surface area (Å²) in [7, 11) is 2.15. The van der Waals surface area contributed by atoms with E-state index >= 15 is 0 Å². The minimum Gasteiger partial charge on any atom is -0.373 e. The highest BCUT2D eigenvalue weighted by Crippen LogP contribution is 2.13. The lowest BCUT2D eigenvalue weighted by Crippen LogP contribution is -2.33. The van der Waals surface area contributed by atoms with Crippen LogP contribution in [0.1, 0.15) is 32.8 Å². The van der Waals surface area contributed by atoms with Crippen LogP contribution in [0.5, 0.6) is 0 Å². The molecule has 0 aliphatic carbocycles. The second kappa shape index (κ2) is 7.33. The van der Waals surface area contributed by atoms with Gasteiger partial charge in [0.25, 0.3) is 0 Å². The van der Waals surface area contributed by atoms with E-state index in [0.29, 0.717) is 6.04 Å². The molecule has 0 aliphatic rings. The van der Waals surface area contributed by atoms with Crippen LogP contribution in [0.4, 0.5) is 5.69 Å². The molecule has 17 heavy (non-hydrogen) atoms. The van der Waals surface area contributed by atoms with E-state index in [1.807, 2.05) is 0 Å². The van der Waals surface area contributed by atoms with Crippen LogP contribution >= 0.6 is 0 Å². The highest BCUT2D eigenvalue weighted by atomic mass is 15.1. The summed E-state index contributed by atoms with van der Waals surface area (Å²) in [5.74, 6) is 0. The van der Waals surface area contributed by atoms with Gasteiger partial charge in [0.05, 0.1) is 0 Å². The van der Waals surface area contributed by atoms with E-state index in [4.69, 9.17) is 0 Å². The van der Waals surface area contributed by atoms with Gasteiger partial charge in [0, 0.05) is 31.9 Å². The van der Waals surface area contributed by atoms with Crippen molar-refractivity contribution in [1.29, 1.82) is 0 Å². The predicted octanol–water partition coefficient (Wildman–Crippen LogP) is 3.07. The van der Waals surface area contributed by atoms with E-state index in [-0.39, 0.29) is 0 Å². The first-order chi connectivity index (χ1) is 8.17. The molecule has 0 aliphatic heterocycles. The van der Waals surface area contributed by atoms with Crippen LogP contribution in [0.3, 0.4) is 0 Å². The lowest BCUT2D eigenvalue weighted by Gasteiger charge is -2.21. The zero-order valence-electron chi connectivity index (χ0n) is 11.7. The first kappa shape index (κ1) is 14.0. The summed E-state index contributed by atoms with van der Waals surface area (Å²) in [5.41, 5.74) is 2.70. The molecule has 1 atom stereocenters. The number of likely N-dealkylation sites (N-methyl/N-ethyl adjacent to an activating group) is 1. The van der Waals surface area contributed by atoms with E-state index in [0.717, 1.165) is 19.5 Å². The standard InChI is InChI=1S/C15H26N2/c1-5-13(3)16-11-12-17(4)15-9-7-14(6-2)8-10-15/h7-10,13,16H,5-6,11-12H2,1-4H3. The number of rotatable bonds is 7. The third kappa shape index (κ3) is 4.78. The number of hydrogen-bond donors (Lipinski definition) is 1. The van der Waals surface area contributed by atoms with Crippen molar-refractivity contribution in [3.8, 4) is 0 Å². The summed E-state index contributed by atoms with van der Waals surface area (Å²) in [6, 6.07) is 9.47. The van der Waals surface area contributed by atoms with Gasteiger partial charge < -0.3 is 10.2 Å². The second-order valence-electron chi connectivity index (χ2n) is 4.70. The molecule has 0 fully saturated rings. The van der Waals surface area contributed by atoms with Crippen molar-refractivity contribution < 1.29 is 0 Å². The van der Waals surface area contributed by atoms with E-state index in [1.165, 1.54) is 17.7 Å². The molecule has 0 bridgehead atoms. The van der Waals surface area contributed by atoms with Gasteiger partial charge in [0.2, 0.25) is 0 Å². The summed E-state index contributed by atoms with van der Waals surface area (Å²) in [6.45, 7) is 8.73. The second-order valence-corrected chi connectivity index (χ2v) is 4.70. The molecular formula is C15H26N2. The number of benzene rings is 1. The van der Waals surface area contributed by atoms with Crippen molar-refractivity contribution in [1.82, 2.24) is 5.32 Å². The zero-order valence-corrected chi connectivity index (χ0v) is 11.7. The highest BCUT2D eigenvalue weighted by Gasteiger charge is 2.01. The van der Waals surface area contributed by atoms with Crippen LogP contribution in [-0.4, -0.2) is 26.2 Å². The van der Waals surface area contributed by atoms with Crippen molar-refractivity contribution in [2.24, 2.45) is 0 Å². The lowest BCUT2D eigenvalue weighted by molar-refractivity contribution is 0.538. The molecule has 0 aromatic heterocycles. The molecule has 0 heterocycles. The molecule has 1 aromatic carbocycles. The summed E-state index contributed by atoms with van der Waals surface area (Å²) >= 11 is 0. The number of aryl methyl sites for hydroxylation is 1. The molecule has 1 rings (SSSR count). The van der Waals surface area contributed by atoms with Crippen molar-refractivity contribution in [2.75, 3.05) is 25.0 Å². The van der Waals surface area contributed by atoms with Gasteiger partial charge in [-0.15, -0.1) is 0 Å². The molecule has 2 heteroatoms. The van der Waals surface area contributed by atoms with Crippen LogP contribution in [0.2, 0.25) is 0 Å². The van der Waals surface area contributed by atoms with E-state index in [9.17, 15) is 0 Å². The largest absolute Gasteiger partial charge is 0.373 e. The smallest absolute Gasteiger partial charge is 0.0364 e. The lowest BCUT2D eigenvalue weighted by atomic mass is 10.1. The Labute approximate surface area is 106 Å². The summed E-state index contributed by atoms with van der Waals surface area (Å²) in [5, 5.41) is 3.51. The fourth-order valence-corrected chi connectivity index (χ4v) is 1.74. The Balaban J connectivity index is 2.38. The maximum absolute atomic E-state index is 3.51. The van der Waals surface area contributed by atoms with Gasteiger partial charge in [-0.05, 0) is 37.5 Å². The Bertz CT molecular complexity index is 305. The average molecular weight is 234 g/mol. The molecule has 0 saturated carbocycles. The molecule has 1 aromatic rings. The van der Waals surface area contributed by atoms with Crippen LogP contribution in [0.15, 0.2) is 24.3 Å². The molecule has 96 valence electrons. The highest BCUT2D eigenvalue weighted by molar-refractivity contribution is 5.46. The quantitative estimate of drug-likeness (QED) is 0.780. The molecule has 0 spiro atoms.